The largest absolute Gasteiger partial charge is 0.376 e. The Hall–Kier alpha value is -1.10. The molecule has 1 saturated carbocycles. The molecule has 0 aromatic carbocycles. The molecule has 112 valence electrons. The maximum Gasteiger partial charge on any atom is 0.246 e. The molecule has 2 heterocycles. The first-order valence-electron chi connectivity index (χ1n) is 7.91. The van der Waals surface area contributed by atoms with Crippen molar-refractivity contribution in [2.45, 2.75) is 70.2 Å². The van der Waals surface area contributed by atoms with E-state index in [9.17, 15) is 9.59 Å². The van der Waals surface area contributed by atoms with Gasteiger partial charge in [-0.2, -0.15) is 0 Å². The lowest BCUT2D eigenvalue weighted by Gasteiger charge is -2.43. The fourth-order valence-electron chi connectivity index (χ4n) is 3.62. The van der Waals surface area contributed by atoms with Gasteiger partial charge >= 0.3 is 0 Å². The highest BCUT2D eigenvalue weighted by Crippen LogP contribution is 2.41. The van der Waals surface area contributed by atoms with Crippen molar-refractivity contribution in [3.63, 3.8) is 0 Å². The number of hydrogen-bond donors (Lipinski definition) is 1. The minimum atomic E-state index is -0.356. The van der Waals surface area contributed by atoms with Crippen LogP contribution in [0.5, 0.6) is 0 Å². The molecule has 5 nitrogen and oxygen atoms in total. The second kappa shape index (κ2) is 5.35. The zero-order valence-corrected chi connectivity index (χ0v) is 12.3. The Labute approximate surface area is 120 Å². The molecule has 20 heavy (non-hydrogen) atoms. The Morgan fingerprint density at radius 3 is 2.55 bits per heavy atom. The van der Waals surface area contributed by atoms with E-state index < -0.39 is 0 Å². The zero-order chi connectivity index (χ0) is 14.3. The lowest BCUT2D eigenvalue weighted by atomic mass is 9.96. The van der Waals surface area contributed by atoms with Gasteiger partial charge in [-0.05, 0) is 38.0 Å². The first kappa shape index (κ1) is 13.9. The van der Waals surface area contributed by atoms with E-state index in [2.05, 4.69) is 5.32 Å². The first-order chi connectivity index (χ1) is 9.67. The summed E-state index contributed by atoms with van der Waals surface area (Å²) in [7, 11) is 0. The quantitative estimate of drug-likeness (QED) is 0.838. The lowest BCUT2D eigenvalue weighted by Crippen LogP contribution is -2.66. The molecule has 2 aliphatic heterocycles. The normalized spacial score (nSPS) is 38.2. The maximum absolute atomic E-state index is 12.7. The van der Waals surface area contributed by atoms with E-state index in [1.54, 1.807) is 0 Å². The first-order valence-corrected chi connectivity index (χ1v) is 7.91. The van der Waals surface area contributed by atoms with Crippen LogP contribution in [0, 0.1) is 5.92 Å². The predicted octanol–water partition coefficient (Wildman–Crippen LogP) is 1.07. The number of piperazine rings is 1. The number of carbonyl (C=O) groups is 2. The number of nitrogens with one attached hydrogen (secondary N) is 1. The number of nitrogens with zero attached hydrogens (tertiary/aromatic N) is 1. The van der Waals surface area contributed by atoms with Gasteiger partial charge in [0.05, 0.1) is 12.1 Å². The Balaban J connectivity index is 1.85. The third-order valence-corrected chi connectivity index (χ3v) is 4.85. The summed E-state index contributed by atoms with van der Waals surface area (Å²) in [6.45, 7) is 4.63. The highest BCUT2D eigenvalue weighted by molar-refractivity contribution is 5.97. The minimum Gasteiger partial charge on any atom is -0.376 e. The van der Waals surface area contributed by atoms with Crippen molar-refractivity contribution in [3.05, 3.63) is 0 Å². The van der Waals surface area contributed by atoms with Gasteiger partial charge in [-0.1, -0.05) is 13.8 Å². The van der Waals surface area contributed by atoms with Gasteiger partial charge in [0, 0.05) is 6.61 Å². The van der Waals surface area contributed by atoms with Gasteiger partial charge < -0.3 is 15.0 Å². The van der Waals surface area contributed by atoms with Gasteiger partial charge in [-0.3, -0.25) is 9.59 Å². The van der Waals surface area contributed by atoms with Gasteiger partial charge in [0.15, 0.2) is 0 Å². The Morgan fingerprint density at radius 2 is 1.95 bits per heavy atom. The summed E-state index contributed by atoms with van der Waals surface area (Å²) >= 11 is 0. The monoisotopic (exact) mass is 280 g/mol. The predicted molar refractivity (Wildman–Crippen MR) is 74.0 cm³/mol. The molecule has 1 aliphatic carbocycles. The fraction of sp³-hybridized carbons (Fsp3) is 0.867. The molecule has 2 amide bonds. The molecule has 2 saturated heterocycles. The smallest absolute Gasteiger partial charge is 0.246 e. The van der Waals surface area contributed by atoms with Crippen molar-refractivity contribution in [2.75, 3.05) is 6.61 Å². The molecule has 0 bridgehead atoms. The Morgan fingerprint density at radius 1 is 1.20 bits per heavy atom. The van der Waals surface area contributed by atoms with Crippen molar-refractivity contribution in [1.82, 2.24) is 10.2 Å². The van der Waals surface area contributed by atoms with Crippen LogP contribution in [0.2, 0.25) is 0 Å². The fourth-order valence-corrected chi connectivity index (χ4v) is 3.62. The van der Waals surface area contributed by atoms with Crippen LogP contribution in [-0.4, -0.2) is 47.6 Å². The molecule has 0 aromatic heterocycles. The Bertz CT molecular complexity index is 408. The molecule has 0 radical (unpaired) electrons. The molecular formula is C15H24N2O3. The maximum atomic E-state index is 12.7. The van der Waals surface area contributed by atoms with E-state index in [4.69, 9.17) is 4.74 Å². The average Bonchev–Trinajstić information content (AvgIpc) is 3.18. The molecule has 5 heteroatoms. The Kier molecular flexibility index (Phi) is 3.71. The number of carbonyl (C=O) groups excluding carboxylic acids is 2. The second-order valence-corrected chi connectivity index (χ2v) is 6.17. The van der Waals surface area contributed by atoms with Crippen molar-refractivity contribution >= 4 is 11.8 Å². The third kappa shape index (κ3) is 2.22. The molecule has 3 aliphatic rings. The highest BCUT2D eigenvalue weighted by Gasteiger charge is 2.50. The van der Waals surface area contributed by atoms with Crippen LogP contribution >= 0.6 is 0 Å². The summed E-state index contributed by atoms with van der Waals surface area (Å²) in [6.07, 6.45) is 4.73. The number of ether oxygens (including phenoxy) is 1. The molecule has 3 fully saturated rings. The summed E-state index contributed by atoms with van der Waals surface area (Å²) in [6, 6.07) is -0.580. The van der Waals surface area contributed by atoms with Crippen LogP contribution in [0.3, 0.4) is 0 Å². The molecule has 0 spiro atoms. The van der Waals surface area contributed by atoms with Crippen LogP contribution in [0.4, 0.5) is 0 Å². The topological polar surface area (TPSA) is 58.6 Å². The van der Waals surface area contributed by atoms with E-state index in [1.807, 2.05) is 18.7 Å². The van der Waals surface area contributed by atoms with Gasteiger partial charge in [0.25, 0.3) is 0 Å². The van der Waals surface area contributed by atoms with E-state index >= 15 is 0 Å². The highest BCUT2D eigenvalue weighted by atomic mass is 16.5. The van der Waals surface area contributed by atoms with Crippen molar-refractivity contribution < 1.29 is 14.3 Å². The van der Waals surface area contributed by atoms with E-state index in [0.29, 0.717) is 25.4 Å². The lowest BCUT2D eigenvalue weighted by molar-refractivity contribution is -0.154. The van der Waals surface area contributed by atoms with Crippen LogP contribution < -0.4 is 5.32 Å². The zero-order valence-electron chi connectivity index (χ0n) is 12.3. The van der Waals surface area contributed by atoms with Crippen LogP contribution in [0.25, 0.3) is 0 Å². The van der Waals surface area contributed by atoms with Crippen LogP contribution in [0.1, 0.15) is 46.0 Å². The van der Waals surface area contributed by atoms with Gasteiger partial charge in [0.1, 0.15) is 12.1 Å². The summed E-state index contributed by atoms with van der Waals surface area (Å²) < 4.78 is 5.86. The molecule has 4 atom stereocenters. The second-order valence-electron chi connectivity index (χ2n) is 6.17. The molecular weight excluding hydrogens is 256 g/mol. The standard InChI is InChI=1S/C15H24N2O3/c1-3-10-15(19)17(11(4-2)14(18)16-10)12-7-8-20-13(12)9-5-6-9/h9-13H,3-8H2,1-2H3,(H,16,18). The van der Waals surface area contributed by atoms with Crippen molar-refractivity contribution in [2.24, 2.45) is 5.92 Å². The molecule has 1 N–H and O–H groups in total. The minimum absolute atomic E-state index is 0.000368. The third-order valence-electron chi connectivity index (χ3n) is 4.85. The number of rotatable bonds is 4. The summed E-state index contributed by atoms with van der Waals surface area (Å²) in [4.78, 5) is 26.8. The molecule has 3 rings (SSSR count). The number of hydrogen-bond acceptors (Lipinski definition) is 3. The summed E-state index contributed by atoms with van der Waals surface area (Å²) in [5.41, 5.74) is 0. The van der Waals surface area contributed by atoms with Crippen molar-refractivity contribution in [3.8, 4) is 0 Å². The van der Waals surface area contributed by atoms with E-state index in [-0.39, 0.29) is 36.0 Å². The molecule has 0 aromatic rings. The van der Waals surface area contributed by atoms with Gasteiger partial charge in [-0.15, -0.1) is 0 Å². The molecule has 4 unspecified atom stereocenters. The van der Waals surface area contributed by atoms with E-state index in [1.165, 1.54) is 12.8 Å². The van der Waals surface area contributed by atoms with E-state index in [0.717, 1.165) is 6.42 Å². The van der Waals surface area contributed by atoms with Crippen LogP contribution in [0.15, 0.2) is 0 Å². The van der Waals surface area contributed by atoms with Crippen molar-refractivity contribution in [1.29, 1.82) is 0 Å². The van der Waals surface area contributed by atoms with Gasteiger partial charge in [-0.25, -0.2) is 0 Å². The average molecular weight is 280 g/mol. The summed E-state index contributed by atoms with van der Waals surface area (Å²) in [5.74, 6) is 0.679. The van der Waals surface area contributed by atoms with Gasteiger partial charge in [0.2, 0.25) is 11.8 Å². The summed E-state index contributed by atoms with van der Waals surface area (Å²) in [5, 5.41) is 2.86. The SMILES string of the molecule is CCC1NC(=O)C(CC)N(C2CCOC2C2CC2)C1=O. The van der Waals surface area contributed by atoms with Crippen LogP contribution in [-0.2, 0) is 14.3 Å². The number of amides is 2.